The summed E-state index contributed by atoms with van der Waals surface area (Å²) in [7, 11) is -2.88. The molecule has 1 unspecified atom stereocenters. The Balaban J connectivity index is 3.25. The summed E-state index contributed by atoms with van der Waals surface area (Å²) in [5, 5.41) is 1.42. The molecule has 0 aliphatic rings. The Kier molecular flexibility index (Phi) is 3.03. The Bertz CT molecular complexity index is 343. The molecule has 1 aromatic carbocycles. The van der Waals surface area contributed by atoms with Gasteiger partial charge in [-0.1, -0.05) is 56.5 Å². The summed E-state index contributed by atoms with van der Waals surface area (Å²) >= 11 is 0. The average Bonchev–Trinajstić information content (AvgIpc) is 2.16. The van der Waals surface area contributed by atoms with E-state index in [1.807, 2.05) is 0 Å². The molecule has 74 valence electrons. The van der Waals surface area contributed by atoms with Crippen LogP contribution in [0.4, 0.5) is 0 Å². The first-order valence-corrected chi connectivity index (χ1v) is 11.9. The van der Waals surface area contributed by atoms with Crippen molar-refractivity contribution in [1.29, 1.82) is 0 Å². The number of hydrogen-bond acceptors (Lipinski definition) is 0. The highest BCUT2D eigenvalue weighted by Crippen LogP contribution is 2.17. The van der Waals surface area contributed by atoms with E-state index in [1.165, 1.54) is 5.19 Å². The molecule has 0 N–H and O–H groups in total. The molecule has 0 saturated heterocycles. The zero-order valence-corrected chi connectivity index (χ0v) is 11.5. The smallest absolute Gasteiger partial charge is 0.132 e. The largest absolute Gasteiger partial charge is 0.155 e. The quantitative estimate of drug-likeness (QED) is 0.529. The van der Waals surface area contributed by atoms with E-state index < -0.39 is 15.2 Å². The molecule has 2 heteroatoms. The van der Waals surface area contributed by atoms with Crippen LogP contribution in [0.25, 0.3) is 0 Å². The molecule has 0 nitrogen and oxygen atoms in total. The lowest BCUT2D eigenvalue weighted by atomic mass is 10.4. The van der Waals surface area contributed by atoms with Crippen molar-refractivity contribution in [2.45, 2.75) is 26.2 Å². The number of benzene rings is 1. The summed E-state index contributed by atoms with van der Waals surface area (Å²) < 4.78 is 0. The van der Waals surface area contributed by atoms with E-state index in [1.54, 1.807) is 0 Å². The maximum atomic E-state index is 5.77. The van der Waals surface area contributed by atoms with Crippen molar-refractivity contribution in [3.8, 4) is 12.0 Å². The number of terminal acetylenes is 1. The van der Waals surface area contributed by atoms with Gasteiger partial charge in [0, 0.05) is 0 Å². The minimum Gasteiger partial charge on any atom is -0.132 e. The third-order valence-electron chi connectivity index (χ3n) is 3.14. The zero-order chi connectivity index (χ0) is 10.8. The van der Waals surface area contributed by atoms with Crippen LogP contribution >= 0.6 is 0 Å². The topological polar surface area (TPSA) is 0 Å². The Morgan fingerprint density at radius 3 is 1.86 bits per heavy atom. The van der Waals surface area contributed by atoms with Gasteiger partial charge in [0.1, 0.15) is 0 Å². The predicted molar refractivity (Wildman–Crippen MR) is 69.9 cm³/mol. The van der Waals surface area contributed by atoms with Crippen molar-refractivity contribution in [2.24, 2.45) is 0 Å². The highest BCUT2D eigenvalue weighted by Gasteiger charge is 2.41. The van der Waals surface area contributed by atoms with Crippen molar-refractivity contribution in [2.75, 3.05) is 0 Å². The van der Waals surface area contributed by atoms with Gasteiger partial charge in [0.15, 0.2) is 7.59 Å². The van der Waals surface area contributed by atoms with Crippen molar-refractivity contribution < 1.29 is 0 Å². The van der Waals surface area contributed by atoms with Gasteiger partial charge in [0.05, 0.1) is 7.59 Å². The third kappa shape index (κ3) is 1.84. The molecule has 0 spiro atoms. The van der Waals surface area contributed by atoms with Gasteiger partial charge >= 0.3 is 0 Å². The Labute approximate surface area is 89.2 Å². The molecule has 0 amide bonds. The van der Waals surface area contributed by atoms with Crippen LogP contribution < -0.4 is 5.19 Å². The zero-order valence-electron chi connectivity index (χ0n) is 9.46. The van der Waals surface area contributed by atoms with E-state index >= 15 is 0 Å². The summed E-state index contributed by atoms with van der Waals surface area (Å²) in [5.74, 6) is 0. The monoisotopic (exact) mass is 218 g/mol. The number of hydrogen-bond donors (Lipinski definition) is 0. The fraction of sp³-hybridized carbons (Fsp3) is 0.333. The lowest BCUT2D eigenvalue weighted by molar-refractivity contribution is 1.72. The van der Waals surface area contributed by atoms with Crippen LogP contribution in [0, 0.1) is 12.0 Å². The van der Waals surface area contributed by atoms with E-state index in [2.05, 4.69) is 62.1 Å². The molecular formula is C12H18Si2. The van der Waals surface area contributed by atoms with Crippen LogP contribution in [-0.2, 0) is 0 Å². The molecule has 0 aliphatic carbocycles. The summed E-state index contributed by atoms with van der Waals surface area (Å²) in [6, 6.07) is 10.6. The highest BCUT2D eigenvalue weighted by molar-refractivity contribution is 7.48. The minimum atomic E-state index is -1.63. The number of rotatable bonds is 2. The molecular weight excluding hydrogens is 200 g/mol. The van der Waals surface area contributed by atoms with Crippen LogP contribution in [-0.4, -0.2) is 15.2 Å². The maximum absolute atomic E-state index is 5.77. The van der Waals surface area contributed by atoms with Crippen LogP contribution in [0.5, 0.6) is 0 Å². The van der Waals surface area contributed by atoms with Crippen molar-refractivity contribution in [3.63, 3.8) is 0 Å². The summed E-state index contributed by atoms with van der Waals surface area (Å²) in [5.41, 5.74) is 3.14. The van der Waals surface area contributed by atoms with Gasteiger partial charge in [-0.2, -0.15) is 0 Å². The standard InChI is InChI=1S/C12H18Si2/c1-6-14(5,13(2,3)4)12-10-8-7-9-11-12/h1,7-11H,2-5H3. The summed E-state index contributed by atoms with van der Waals surface area (Å²) in [6.45, 7) is 9.47. The second-order valence-corrected chi connectivity index (χ2v) is 20.0. The molecule has 0 heterocycles. The SMILES string of the molecule is C#C[Si](C)(c1ccccc1)[Si](C)(C)C. The Morgan fingerprint density at radius 1 is 1.00 bits per heavy atom. The second-order valence-electron chi connectivity index (χ2n) is 4.89. The van der Waals surface area contributed by atoms with Gasteiger partial charge < -0.3 is 0 Å². The molecule has 14 heavy (non-hydrogen) atoms. The van der Waals surface area contributed by atoms with Gasteiger partial charge in [0.2, 0.25) is 0 Å². The molecule has 0 bridgehead atoms. The van der Waals surface area contributed by atoms with Crippen LogP contribution in [0.3, 0.4) is 0 Å². The lowest BCUT2D eigenvalue weighted by Gasteiger charge is -2.34. The van der Waals surface area contributed by atoms with Gasteiger partial charge in [-0.3, -0.25) is 0 Å². The second kappa shape index (κ2) is 3.76. The summed E-state index contributed by atoms with van der Waals surface area (Å²) in [4.78, 5) is 0. The van der Waals surface area contributed by atoms with Crippen LogP contribution in [0.2, 0.25) is 26.2 Å². The first kappa shape index (κ1) is 11.3. The minimum absolute atomic E-state index is 1.25. The Hall–Kier alpha value is -0.786. The van der Waals surface area contributed by atoms with E-state index in [0.29, 0.717) is 0 Å². The predicted octanol–water partition coefficient (Wildman–Crippen LogP) is 2.56. The maximum Gasteiger partial charge on any atom is 0.155 e. The van der Waals surface area contributed by atoms with Gasteiger partial charge in [-0.15, -0.1) is 12.0 Å². The fourth-order valence-corrected chi connectivity index (χ4v) is 8.23. The van der Waals surface area contributed by atoms with E-state index in [-0.39, 0.29) is 0 Å². The van der Waals surface area contributed by atoms with Crippen molar-refractivity contribution in [1.82, 2.24) is 0 Å². The van der Waals surface area contributed by atoms with Gasteiger partial charge in [-0.25, -0.2) is 0 Å². The Morgan fingerprint density at radius 2 is 1.50 bits per heavy atom. The normalized spacial score (nSPS) is 15.6. The van der Waals surface area contributed by atoms with Gasteiger partial charge in [-0.05, 0) is 5.19 Å². The van der Waals surface area contributed by atoms with Gasteiger partial charge in [0.25, 0.3) is 0 Å². The molecule has 1 aromatic rings. The van der Waals surface area contributed by atoms with Crippen molar-refractivity contribution >= 4 is 20.4 Å². The lowest BCUT2D eigenvalue weighted by Crippen LogP contribution is -2.62. The van der Waals surface area contributed by atoms with Crippen LogP contribution in [0.1, 0.15) is 0 Å². The van der Waals surface area contributed by atoms with E-state index in [4.69, 9.17) is 6.42 Å². The molecule has 0 aliphatic heterocycles. The molecule has 0 saturated carbocycles. The first-order valence-electron chi connectivity index (χ1n) is 4.95. The molecule has 1 atom stereocenters. The first-order chi connectivity index (χ1) is 6.42. The highest BCUT2D eigenvalue weighted by atomic mass is 29.3. The fourth-order valence-electron chi connectivity index (χ4n) is 1.50. The third-order valence-corrected chi connectivity index (χ3v) is 18.5. The van der Waals surface area contributed by atoms with Crippen molar-refractivity contribution in [3.05, 3.63) is 30.3 Å². The van der Waals surface area contributed by atoms with E-state index in [9.17, 15) is 0 Å². The van der Waals surface area contributed by atoms with E-state index in [0.717, 1.165) is 0 Å². The molecule has 0 radical (unpaired) electrons. The summed E-state index contributed by atoms with van der Waals surface area (Å²) in [6.07, 6.45) is 5.77. The van der Waals surface area contributed by atoms with Crippen LogP contribution in [0.15, 0.2) is 30.3 Å². The molecule has 0 fully saturated rings. The molecule has 0 aromatic heterocycles. The average molecular weight is 218 g/mol. The molecule has 1 rings (SSSR count).